The molecule has 1 unspecified atom stereocenters. The molecule has 1 atom stereocenters. The summed E-state index contributed by atoms with van der Waals surface area (Å²) < 4.78 is 0. The van der Waals surface area contributed by atoms with Crippen LogP contribution in [0.3, 0.4) is 0 Å². The van der Waals surface area contributed by atoms with Crippen LogP contribution in [-0.4, -0.2) is 6.29 Å². The molecular weight excluding hydrogens is 268 g/mol. The van der Waals surface area contributed by atoms with E-state index in [0.717, 1.165) is 19.1 Å². The van der Waals surface area contributed by atoms with Gasteiger partial charge in [-0.25, -0.2) is 0 Å². The van der Waals surface area contributed by atoms with Crippen molar-refractivity contribution in [3.8, 4) is 0 Å². The van der Waals surface area contributed by atoms with Gasteiger partial charge in [0.2, 0.25) is 0 Å². The van der Waals surface area contributed by atoms with Gasteiger partial charge in [0, 0.05) is 5.92 Å². The van der Waals surface area contributed by atoms with E-state index in [1.54, 1.807) is 0 Å². The van der Waals surface area contributed by atoms with Crippen LogP contribution >= 0.6 is 0 Å². The Kier molecular flexibility index (Phi) is 16.3. The van der Waals surface area contributed by atoms with E-state index in [2.05, 4.69) is 26.8 Å². The number of carbonyl (C=O) groups is 1. The SMILES string of the molecule is CCCCCCCCCCCCCCC(C=O)CC=C(C)C. The minimum absolute atomic E-state index is 0.248. The normalized spacial score (nSPS) is 12.1. The lowest BCUT2D eigenvalue weighted by Crippen LogP contribution is -2.00. The Morgan fingerprint density at radius 3 is 1.64 bits per heavy atom. The van der Waals surface area contributed by atoms with Gasteiger partial charge in [-0.15, -0.1) is 0 Å². The van der Waals surface area contributed by atoms with E-state index >= 15 is 0 Å². The van der Waals surface area contributed by atoms with Crippen LogP contribution in [-0.2, 0) is 4.79 Å². The van der Waals surface area contributed by atoms with Crippen LogP contribution < -0.4 is 0 Å². The molecule has 0 N–H and O–H groups in total. The Morgan fingerprint density at radius 2 is 1.23 bits per heavy atom. The van der Waals surface area contributed by atoms with Crippen LogP contribution in [0, 0.1) is 5.92 Å². The molecule has 22 heavy (non-hydrogen) atoms. The lowest BCUT2D eigenvalue weighted by Gasteiger charge is -2.08. The van der Waals surface area contributed by atoms with Gasteiger partial charge in [-0.05, 0) is 26.7 Å². The van der Waals surface area contributed by atoms with Gasteiger partial charge in [-0.1, -0.05) is 95.6 Å². The average molecular weight is 309 g/mol. The highest BCUT2D eigenvalue weighted by atomic mass is 16.1. The quantitative estimate of drug-likeness (QED) is 0.167. The largest absolute Gasteiger partial charge is 0.303 e. The van der Waals surface area contributed by atoms with Crippen molar-refractivity contribution in [2.24, 2.45) is 5.92 Å². The molecule has 0 amide bonds. The molecule has 0 heterocycles. The maximum absolute atomic E-state index is 11.0. The minimum Gasteiger partial charge on any atom is -0.303 e. The van der Waals surface area contributed by atoms with E-state index in [1.165, 1.54) is 82.6 Å². The number of carbonyl (C=O) groups excluding carboxylic acids is 1. The first-order chi connectivity index (χ1) is 10.7. The second-order valence-electron chi connectivity index (χ2n) is 7.09. The zero-order valence-corrected chi connectivity index (χ0v) is 15.5. The highest BCUT2D eigenvalue weighted by Gasteiger charge is 2.04. The van der Waals surface area contributed by atoms with E-state index < -0.39 is 0 Å². The van der Waals surface area contributed by atoms with Gasteiger partial charge in [-0.2, -0.15) is 0 Å². The molecule has 0 spiro atoms. The third-order valence-electron chi connectivity index (χ3n) is 4.45. The summed E-state index contributed by atoms with van der Waals surface area (Å²) >= 11 is 0. The molecule has 130 valence electrons. The zero-order chi connectivity index (χ0) is 16.5. The van der Waals surface area contributed by atoms with E-state index in [1.807, 2.05) is 0 Å². The molecule has 0 aromatic rings. The Labute approximate surface area is 140 Å². The number of allylic oxidation sites excluding steroid dienone is 2. The van der Waals surface area contributed by atoms with Crippen molar-refractivity contribution < 1.29 is 4.79 Å². The fourth-order valence-electron chi connectivity index (χ4n) is 2.88. The summed E-state index contributed by atoms with van der Waals surface area (Å²) in [5, 5.41) is 0. The third kappa shape index (κ3) is 15.8. The molecule has 0 aliphatic rings. The average Bonchev–Trinajstić information content (AvgIpc) is 2.51. The van der Waals surface area contributed by atoms with Gasteiger partial charge in [0.1, 0.15) is 6.29 Å². The van der Waals surface area contributed by atoms with Crippen molar-refractivity contribution >= 4 is 6.29 Å². The van der Waals surface area contributed by atoms with Crippen LogP contribution in [0.15, 0.2) is 11.6 Å². The molecule has 0 radical (unpaired) electrons. The molecule has 0 aromatic carbocycles. The number of hydrogen-bond donors (Lipinski definition) is 0. The summed E-state index contributed by atoms with van der Waals surface area (Å²) in [5.41, 5.74) is 1.32. The molecule has 0 aromatic heterocycles. The van der Waals surface area contributed by atoms with Crippen LogP contribution in [0.5, 0.6) is 0 Å². The summed E-state index contributed by atoms with van der Waals surface area (Å²) in [6, 6.07) is 0. The molecule has 0 rings (SSSR count). The van der Waals surface area contributed by atoms with Gasteiger partial charge in [0.05, 0.1) is 0 Å². The van der Waals surface area contributed by atoms with E-state index in [0.29, 0.717) is 0 Å². The first-order valence-electron chi connectivity index (χ1n) is 9.79. The molecule has 0 saturated carbocycles. The molecule has 0 aliphatic carbocycles. The Bertz CT molecular complexity index is 263. The summed E-state index contributed by atoms with van der Waals surface area (Å²) in [6.07, 6.45) is 21.9. The first-order valence-corrected chi connectivity index (χ1v) is 9.79. The highest BCUT2D eigenvalue weighted by Crippen LogP contribution is 2.16. The summed E-state index contributed by atoms with van der Waals surface area (Å²) in [6.45, 7) is 6.48. The Hall–Kier alpha value is -0.590. The van der Waals surface area contributed by atoms with Crippen LogP contribution in [0.1, 0.15) is 111 Å². The maximum atomic E-state index is 11.0. The monoisotopic (exact) mass is 308 g/mol. The third-order valence-corrected chi connectivity index (χ3v) is 4.45. The predicted molar refractivity (Wildman–Crippen MR) is 99.3 cm³/mol. The molecule has 1 nitrogen and oxygen atoms in total. The standard InChI is InChI=1S/C21H40O/c1-4-5-6-7-8-9-10-11-12-13-14-15-16-21(19-22)18-17-20(2)3/h17,19,21H,4-16,18H2,1-3H3. The van der Waals surface area contributed by atoms with Crippen molar-refractivity contribution in [3.05, 3.63) is 11.6 Å². The van der Waals surface area contributed by atoms with Gasteiger partial charge in [0.15, 0.2) is 0 Å². The molecule has 0 bridgehead atoms. The molecule has 0 aliphatic heterocycles. The van der Waals surface area contributed by atoms with Crippen LogP contribution in [0.4, 0.5) is 0 Å². The maximum Gasteiger partial charge on any atom is 0.123 e. The number of rotatable bonds is 16. The lowest BCUT2D eigenvalue weighted by molar-refractivity contribution is -0.111. The fourth-order valence-corrected chi connectivity index (χ4v) is 2.88. The van der Waals surface area contributed by atoms with Crippen LogP contribution in [0.2, 0.25) is 0 Å². The fraction of sp³-hybridized carbons (Fsp3) is 0.857. The van der Waals surface area contributed by atoms with Gasteiger partial charge >= 0.3 is 0 Å². The van der Waals surface area contributed by atoms with Crippen molar-refractivity contribution in [2.45, 2.75) is 111 Å². The predicted octanol–water partition coefficient (Wildman–Crippen LogP) is 7.25. The number of hydrogen-bond acceptors (Lipinski definition) is 1. The van der Waals surface area contributed by atoms with Crippen LogP contribution in [0.25, 0.3) is 0 Å². The van der Waals surface area contributed by atoms with Gasteiger partial charge in [-0.3, -0.25) is 0 Å². The first kappa shape index (κ1) is 21.4. The van der Waals surface area contributed by atoms with Crippen molar-refractivity contribution in [1.82, 2.24) is 0 Å². The molecule has 0 saturated heterocycles. The summed E-state index contributed by atoms with van der Waals surface area (Å²) in [7, 11) is 0. The topological polar surface area (TPSA) is 17.1 Å². The Morgan fingerprint density at radius 1 is 0.773 bits per heavy atom. The van der Waals surface area contributed by atoms with Crippen molar-refractivity contribution in [1.29, 1.82) is 0 Å². The molecule has 0 fully saturated rings. The second kappa shape index (κ2) is 16.8. The summed E-state index contributed by atoms with van der Waals surface area (Å²) in [4.78, 5) is 11.0. The van der Waals surface area contributed by atoms with Crippen molar-refractivity contribution in [2.75, 3.05) is 0 Å². The minimum atomic E-state index is 0.248. The number of aldehydes is 1. The smallest absolute Gasteiger partial charge is 0.123 e. The van der Waals surface area contributed by atoms with E-state index in [-0.39, 0.29) is 5.92 Å². The molecular formula is C21H40O. The zero-order valence-electron chi connectivity index (χ0n) is 15.5. The van der Waals surface area contributed by atoms with Crippen molar-refractivity contribution in [3.63, 3.8) is 0 Å². The van der Waals surface area contributed by atoms with E-state index in [9.17, 15) is 4.79 Å². The van der Waals surface area contributed by atoms with Gasteiger partial charge in [0.25, 0.3) is 0 Å². The highest BCUT2D eigenvalue weighted by molar-refractivity contribution is 5.53. The Balaban J connectivity index is 3.28. The second-order valence-corrected chi connectivity index (χ2v) is 7.09. The lowest BCUT2D eigenvalue weighted by atomic mass is 9.97. The molecule has 1 heteroatoms. The van der Waals surface area contributed by atoms with Gasteiger partial charge < -0.3 is 4.79 Å². The summed E-state index contributed by atoms with van der Waals surface area (Å²) in [5.74, 6) is 0.248. The van der Waals surface area contributed by atoms with E-state index in [4.69, 9.17) is 0 Å². The number of unbranched alkanes of at least 4 members (excludes halogenated alkanes) is 11.